The fraction of sp³-hybridized carbons (Fsp3) is 0.533. The van der Waals surface area contributed by atoms with Gasteiger partial charge in [0.1, 0.15) is 17.1 Å². The second-order valence-electron chi connectivity index (χ2n) is 5.77. The second-order valence-corrected chi connectivity index (χ2v) is 5.77. The number of rotatable bonds is 4. The number of benzene rings is 1. The minimum absolute atomic E-state index is 0.0225. The topological polar surface area (TPSA) is 43.8 Å². The van der Waals surface area contributed by atoms with Crippen molar-refractivity contribution in [2.24, 2.45) is 0 Å². The highest BCUT2D eigenvalue weighted by Gasteiger charge is 2.41. The average Bonchev–Trinajstić information content (AvgIpc) is 2.32. The van der Waals surface area contributed by atoms with E-state index in [4.69, 9.17) is 0 Å². The number of hydrogen-bond donors (Lipinski definition) is 1. The predicted octanol–water partition coefficient (Wildman–Crippen LogP) is 2.09. The van der Waals surface area contributed by atoms with Crippen molar-refractivity contribution in [1.82, 2.24) is 9.80 Å². The van der Waals surface area contributed by atoms with Crippen molar-refractivity contribution in [3.05, 3.63) is 29.6 Å². The van der Waals surface area contributed by atoms with E-state index in [-0.39, 0.29) is 16.9 Å². The number of amides is 1. The molecule has 0 spiro atoms. The lowest BCUT2D eigenvalue weighted by Gasteiger charge is -2.49. The van der Waals surface area contributed by atoms with Gasteiger partial charge in [0.05, 0.1) is 0 Å². The molecule has 0 aromatic heterocycles. The minimum atomic E-state index is -0.686. The Morgan fingerprint density at radius 3 is 2.45 bits per heavy atom. The van der Waals surface area contributed by atoms with Gasteiger partial charge in [0.15, 0.2) is 0 Å². The van der Waals surface area contributed by atoms with E-state index in [1.807, 2.05) is 14.1 Å². The van der Waals surface area contributed by atoms with E-state index < -0.39 is 11.7 Å². The van der Waals surface area contributed by atoms with Gasteiger partial charge < -0.3 is 14.9 Å². The standard InChI is InChI=1S/C15H21FN2O2/c1-17(2)15(8-5-9-15)10-18(3)14(20)13-11(16)6-4-7-12(13)19/h4,6-7,19H,5,8-10H2,1-3H3. The maximum absolute atomic E-state index is 13.7. The Bertz CT molecular complexity index is 492. The number of nitrogens with zero attached hydrogens (tertiary/aromatic N) is 2. The summed E-state index contributed by atoms with van der Waals surface area (Å²) in [4.78, 5) is 16.0. The van der Waals surface area contributed by atoms with Crippen molar-refractivity contribution in [1.29, 1.82) is 0 Å². The van der Waals surface area contributed by atoms with E-state index in [0.29, 0.717) is 6.54 Å². The maximum Gasteiger partial charge on any atom is 0.260 e. The fourth-order valence-electron chi connectivity index (χ4n) is 2.76. The number of likely N-dealkylation sites (N-methyl/N-ethyl adjacent to an activating group) is 2. The first-order chi connectivity index (χ1) is 9.37. The third-order valence-corrected chi connectivity index (χ3v) is 4.32. The molecular formula is C15H21FN2O2. The SMILES string of the molecule is CN(CC1(N(C)C)CCC1)C(=O)c1c(O)cccc1F. The molecule has 0 saturated heterocycles. The molecule has 4 nitrogen and oxygen atoms in total. The van der Waals surface area contributed by atoms with Gasteiger partial charge in [-0.2, -0.15) is 0 Å². The summed E-state index contributed by atoms with van der Waals surface area (Å²) in [5, 5.41) is 9.69. The number of hydrogen-bond acceptors (Lipinski definition) is 3. The summed E-state index contributed by atoms with van der Waals surface area (Å²) < 4.78 is 13.7. The highest BCUT2D eigenvalue weighted by molar-refractivity contribution is 5.97. The number of halogens is 1. The van der Waals surface area contributed by atoms with Gasteiger partial charge in [0, 0.05) is 19.1 Å². The first kappa shape index (κ1) is 14.8. The average molecular weight is 280 g/mol. The number of phenols is 1. The van der Waals surface area contributed by atoms with Gasteiger partial charge in [-0.15, -0.1) is 0 Å². The van der Waals surface area contributed by atoms with Crippen LogP contribution in [-0.2, 0) is 0 Å². The molecule has 2 rings (SSSR count). The van der Waals surface area contributed by atoms with Gasteiger partial charge >= 0.3 is 0 Å². The maximum atomic E-state index is 13.7. The van der Waals surface area contributed by atoms with Crippen LogP contribution in [0.3, 0.4) is 0 Å². The molecule has 1 aromatic carbocycles. The monoisotopic (exact) mass is 280 g/mol. The fourth-order valence-corrected chi connectivity index (χ4v) is 2.76. The first-order valence-electron chi connectivity index (χ1n) is 6.78. The summed E-state index contributed by atoms with van der Waals surface area (Å²) in [6.07, 6.45) is 3.20. The summed E-state index contributed by atoms with van der Waals surface area (Å²) in [6, 6.07) is 3.90. The van der Waals surface area contributed by atoms with Gasteiger partial charge in [0.25, 0.3) is 5.91 Å². The lowest BCUT2D eigenvalue weighted by Crippen LogP contribution is -2.57. The molecule has 1 fully saturated rings. The number of aromatic hydroxyl groups is 1. The quantitative estimate of drug-likeness (QED) is 0.918. The van der Waals surface area contributed by atoms with Gasteiger partial charge in [-0.05, 0) is 45.5 Å². The van der Waals surface area contributed by atoms with Crippen LogP contribution in [0.2, 0.25) is 0 Å². The van der Waals surface area contributed by atoms with Crippen molar-refractivity contribution in [2.45, 2.75) is 24.8 Å². The number of carbonyl (C=O) groups is 1. The highest BCUT2D eigenvalue weighted by Crippen LogP contribution is 2.37. The molecule has 0 radical (unpaired) electrons. The van der Waals surface area contributed by atoms with E-state index in [1.165, 1.54) is 23.1 Å². The van der Waals surface area contributed by atoms with Gasteiger partial charge in [0.2, 0.25) is 0 Å². The molecule has 1 saturated carbocycles. The van der Waals surface area contributed by atoms with E-state index in [0.717, 1.165) is 19.3 Å². The molecule has 1 amide bonds. The summed E-state index contributed by atoms with van der Waals surface area (Å²) >= 11 is 0. The van der Waals surface area contributed by atoms with Crippen molar-refractivity contribution in [3.8, 4) is 5.75 Å². The Kier molecular flexibility index (Phi) is 3.99. The summed E-state index contributed by atoms with van der Waals surface area (Å²) in [6.45, 7) is 0.534. The largest absolute Gasteiger partial charge is 0.507 e. The zero-order chi connectivity index (χ0) is 14.9. The number of carbonyl (C=O) groups excluding carboxylic acids is 1. The molecular weight excluding hydrogens is 259 g/mol. The Morgan fingerprint density at radius 2 is 2.00 bits per heavy atom. The van der Waals surface area contributed by atoms with E-state index in [2.05, 4.69) is 4.90 Å². The van der Waals surface area contributed by atoms with Crippen LogP contribution < -0.4 is 0 Å². The Morgan fingerprint density at radius 1 is 1.35 bits per heavy atom. The second kappa shape index (κ2) is 5.40. The lowest BCUT2D eigenvalue weighted by molar-refractivity contribution is 0.0249. The van der Waals surface area contributed by atoms with Crippen LogP contribution in [0.25, 0.3) is 0 Å². The molecule has 1 aliphatic rings. The zero-order valence-corrected chi connectivity index (χ0v) is 12.2. The van der Waals surface area contributed by atoms with Crippen molar-refractivity contribution in [3.63, 3.8) is 0 Å². The van der Waals surface area contributed by atoms with Crippen LogP contribution in [0.15, 0.2) is 18.2 Å². The molecule has 1 aromatic rings. The number of phenolic OH excluding ortho intramolecular Hbond substituents is 1. The first-order valence-corrected chi connectivity index (χ1v) is 6.78. The summed E-state index contributed by atoms with van der Waals surface area (Å²) in [5.41, 5.74) is -0.270. The third-order valence-electron chi connectivity index (χ3n) is 4.32. The van der Waals surface area contributed by atoms with Crippen molar-refractivity contribution < 1.29 is 14.3 Å². The molecule has 20 heavy (non-hydrogen) atoms. The van der Waals surface area contributed by atoms with Crippen LogP contribution in [0.1, 0.15) is 29.6 Å². The van der Waals surface area contributed by atoms with E-state index in [9.17, 15) is 14.3 Å². The predicted molar refractivity (Wildman–Crippen MR) is 75.3 cm³/mol. The van der Waals surface area contributed by atoms with E-state index in [1.54, 1.807) is 7.05 Å². The molecule has 0 bridgehead atoms. The molecule has 110 valence electrons. The lowest BCUT2D eigenvalue weighted by atomic mass is 9.75. The van der Waals surface area contributed by atoms with Gasteiger partial charge in [-0.1, -0.05) is 6.07 Å². The Labute approximate surface area is 118 Å². The van der Waals surface area contributed by atoms with Crippen LogP contribution >= 0.6 is 0 Å². The Hall–Kier alpha value is -1.62. The van der Waals surface area contributed by atoms with Crippen LogP contribution in [0.4, 0.5) is 4.39 Å². The Balaban J connectivity index is 2.17. The third kappa shape index (κ3) is 2.50. The van der Waals surface area contributed by atoms with Gasteiger partial charge in [-0.3, -0.25) is 4.79 Å². The van der Waals surface area contributed by atoms with Crippen LogP contribution in [0, 0.1) is 5.82 Å². The normalized spacial score (nSPS) is 16.9. The summed E-state index contributed by atoms with van der Waals surface area (Å²) in [7, 11) is 5.65. The van der Waals surface area contributed by atoms with E-state index >= 15 is 0 Å². The molecule has 5 heteroatoms. The smallest absolute Gasteiger partial charge is 0.260 e. The molecule has 0 heterocycles. The molecule has 0 atom stereocenters. The molecule has 1 aliphatic carbocycles. The molecule has 1 N–H and O–H groups in total. The highest BCUT2D eigenvalue weighted by atomic mass is 19.1. The molecule has 0 aliphatic heterocycles. The minimum Gasteiger partial charge on any atom is -0.507 e. The zero-order valence-electron chi connectivity index (χ0n) is 12.2. The van der Waals surface area contributed by atoms with Crippen molar-refractivity contribution >= 4 is 5.91 Å². The van der Waals surface area contributed by atoms with Crippen LogP contribution in [-0.4, -0.2) is 54.0 Å². The van der Waals surface area contributed by atoms with Crippen molar-refractivity contribution in [2.75, 3.05) is 27.7 Å². The summed E-state index contributed by atoms with van der Waals surface area (Å²) in [5.74, 6) is -1.47. The van der Waals surface area contributed by atoms with Gasteiger partial charge in [-0.25, -0.2) is 4.39 Å². The molecule has 0 unspecified atom stereocenters. The van der Waals surface area contributed by atoms with Crippen LogP contribution in [0.5, 0.6) is 5.75 Å².